The largest absolute Gasteiger partial charge is 0.437 e. The van der Waals surface area contributed by atoms with Crippen molar-refractivity contribution in [3.8, 4) is 11.6 Å². The van der Waals surface area contributed by atoms with Gasteiger partial charge < -0.3 is 15.0 Å². The zero-order valence-electron chi connectivity index (χ0n) is 15.6. The highest BCUT2D eigenvalue weighted by atomic mass is 16.5. The minimum atomic E-state index is -0.209. The molecule has 0 bridgehead atoms. The molecule has 1 saturated heterocycles. The molecule has 2 aromatic rings. The number of rotatable bonds is 5. The van der Waals surface area contributed by atoms with Crippen LogP contribution in [0.25, 0.3) is 0 Å². The summed E-state index contributed by atoms with van der Waals surface area (Å²) in [5.41, 5.74) is 1.91. The van der Waals surface area contributed by atoms with Gasteiger partial charge in [0.15, 0.2) is 0 Å². The SMILES string of the molecule is CC(=O)NCC(=O)N1CCCC(c2nccnc2Oc2ccc(C)cc2)C1. The van der Waals surface area contributed by atoms with E-state index in [0.29, 0.717) is 24.7 Å². The summed E-state index contributed by atoms with van der Waals surface area (Å²) in [4.78, 5) is 34.0. The Kier molecular flexibility index (Phi) is 6.01. The first-order valence-electron chi connectivity index (χ1n) is 9.10. The Bertz CT molecular complexity index is 807. The van der Waals surface area contributed by atoms with E-state index in [0.717, 1.165) is 24.1 Å². The van der Waals surface area contributed by atoms with Crippen LogP contribution in [0.15, 0.2) is 36.7 Å². The molecule has 142 valence electrons. The van der Waals surface area contributed by atoms with Gasteiger partial charge in [0.05, 0.1) is 6.54 Å². The number of likely N-dealkylation sites (tertiary alicyclic amines) is 1. The average Bonchev–Trinajstić information content (AvgIpc) is 2.68. The fourth-order valence-corrected chi connectivity index (χ4v) is 3.15. The van der Waals surface area contributed by atoms with Crippen molar-refractivity contribution in [1.29, 1.82) is 0 Å². The van der Waals surface area contributed by atoms with Gasteiger partial charge in [0.2, 0.25) is 17.7 Å². The molecule has 0 saturated carbocycles. The lowest BCUT2D eigenvalue weighted by Gasteiger charge is -2.32. The quantitative estimate of drug-likeness (QED) is 0.876. The fraction of sp³-hybridized carbons (Fsp3) is 0.400. The van der Waals surface area contributed by atoms with E-state index in [9.17, 15) is 9.59 Å². The van der Waals surface area contributed by atoms with E-state index in [1.165, 1.54) is 6.92 Å². The molecular weight excluding hydrogens is 344 g/mol. The molecule has 2 heterocycles. The molecular formula is C20H24N4O3. The number of hydrogen-bond acceptors (Lipinski definition) is 5. The molecule has 0 spiro atoms. The monoisotopic (exact) mass is 368 g/mol. The molecule has 0 radical (unpaired) electrons. The third-order valence-electron chi connectivity index (χ3n) is 4.58. The number of aryl methyl sites for hydroxylation is 1. The normalized spacial score (nSPS) is 16.7. The van der Waals surface area contributed by atoms with Gasteiger partial charge in [0.1, 0.15) is 11.4 Å². The molecule has 7 nitrogen and oxygen atoms in total. The van der Waals surface area contributed by atoms with E-state index in [1.807, 2.05) is 31.2 Å². The zero-order valence-corrected chi connectivity index (χ0v) is 15.6. The highest BCUT2D eigenvalue weighted by Crippen LogP contribution is 2.32. The molecule has 1 unspecified atom stereocenters. The van der Waals surface area contributed by atoms with Crippen molar-refractivity contribution >= 4 is 11.8 Å². The van der Waals surface area contributed by atoms with Crippen LogP contribution in [0.2, 0.25) is 0 Å². The maximum Gasteiger partial charge on any atom is 0.241 e. The van der Waals surface area contributed by atoms with Crippen molar-refractivity contribution in [3.05, 3.63) is 47.9 Å². The summed E-state index contributed by atoms with van der Waals surface area (Å²) >= 11 is 0. The molecule has 1 N–H and O–H groups in total. The number of aromatic nitrogens is 2. The number of benzene rings is 1. The number of carbonyl (C=O) groups is 2. The predicted octanol–water partition coefficient (Wildman–Crippen LogP) is 2.42. The van der Waals surface area contributed by atoms with Gasteiger partial charge in [0.25, 0.3) is 0 Å². The fourth-order valence-electron chi connectivity index (χ4n) is 3.15. The van der Waals surface area contributed by atoms with Gasteiger partial charge in [-0.05, 0) is 31.9 Å². The van der Waals surface area contributed by atoms with E-state index in [4.69, 9.17) is 4.74 Å². The summed E-state index contributed by atoms with van der Waals surface area (Å²) < 4.78 is 5.96. The number of nitrogens with one attached hydrogen (secondary N) is 1. The second kappa shape index (κ2) is 8.62. The van der Waals surface area contributed by atoms with Gasteiger partial charge in [-0.25, -0.2) is 4.98 Å². The van der Waals surface area contributed by atoms with E-state index < -0.39 is 0 Å². The van der Waals surface area contributed by atoms with Crippen LogP contribution in [0.3, 0.4) is 0 Å². The van der Waals surface area contributed by atoms with Crippen LogP contribution >= 0.6 is 0 Å². The Morgan fingerprint density at radius 1 is 1.22 bits per heavy atom. The molecule has 3 rings (SSSR count). The van der Waals surface area contributed by atoms with E-state index in [-0.39, 0.29) is 24.3 Å². The number of piperidine rings is 1. The lowest BCUT2D eigenvalue weighted by molar-refractivity contribution is -0.133. The van der Waals surface area contributed by atoms with Crippen LogP contribution < -0.4 is 10.1 Å². The number of nitrogens with zero attached hydrogens (tertiary/aromatic N) is 3. The molecule has 1 aromatic carbocycles. The summed E-state index contributed by atoms with van der Waals surface area (Å²) in [5, 5.41) is 2.56. The van der Waals surface area contributed by atoms with E-state index >= 15 is 0 Å². The van der Waals surface area contributed by atoms with Gasteiger partial charge in [-0.15, -0.1) is 0 Å². The molecule has 7 heteroatoms. The molecule has 1 fully saturated rings. The maximum absolute atomic E-state index is 12.3. The molecule has 2 amide bonds. The molecule has 1 atom stereocenters. The van der Waals surface area contributed by atoms with Crippen molar-refractivity contribution in [2.75, 3.05) is 19.6 Å². The topological polar surface area (TPSA) is 84.4 Å². The van der Waals surface area contributed by atoms with Crippen molar-refractivity contribution in [3.63, 3.8) is 0 Å². The van der Waals surface area contributed by atoms with Crippen LogP contribution in [-0.2, 0) is 9.59 Å². The van der Waals surface area contributed by atoms with Crippen LogP contribution in [0, 0.1) is 6.92 Å². The lowest BCUT2D eigenvalue weighted by atomic mass is 9.94. The minimum absolute atomic E-state index is 0.0231. The third-order valence-corrected chi connectivity index (χ3v) is 4.58. The zero-order chi connectivity index (χ0) is 19.2. The van der Waals surface area contributed by atoms with Gasteiger partial charge >= 0.3 is 0 Å². The van der Waals surface area contributed by atoms with Crippen molar-refractivity contribution in [2.45, 2.75) is 32.6 Å². The molecule has 27 heavy (non-hydrogen) atoms. The first-order chi connectivity index (χ1) is 13.0. The second-order valence-electron chi connectivity index (χ2n) is 6.75. The summed E-state index contributed by atoms with van der Waals surface area (Å²) in [6.07, 6.45) is 5.04. The Hall–Kier alpha value is -2.96. The van der Waals surface area contributed by atoms with Gasteiger partial charge in [-0.2, -0.15) is 0 Å². The first-order valence-corrected chi connectivity index (χ1v) is 9.10. The number of amides is 2. The van der Waals surface area contributed by atoms with Gasteiger partial charge in [-0.1, -0.05) is 17.7 Å². The predicted molar refractivity (Wildman–Crippen MR) is 101 cm³/mol. The highest BCUT2D eigenvalue weighted by Gasteiger charge is 2.28. The summed E-state index contributed by atoms with van der Waals surface area (Å²) in [6.45, 7) is 4.67. The molecule has 1 aromatic heterocycles. The van der Waals surface area contributed by atoms with Crippen LogP contribution in [0.4, 0.5) is 0 Å². The van der Waals surface area contributed by atoms with Crippen LogP contribution in [0.1, 0.15) is 36.9 Å². The lowest BCUT2D eigenvalue weighted by Crippen LogP contribution is -2.44. The third kappa shape index (κ3) is 5.03. The number of hydrogen-bond donors (Lipinski definition) is 1. The highest BCUT2D eigenvalue weighted by molar-refractivity contribution is 5.83. The smallest absolute Gasteiger partial charge is 0.241 e. The number of carbonyl (C=O) groups excluding carboxylic acids is 2. The standard InChI is InChI=1S/C20H24N4O3/c1-14-5-7-17(8-6-14)27-20-19(21-9-10-22-20)16-4-3-11-24(13-16)18(26)12-23-15(2)25/h5-10,16H,3-4,11-13H2,1-2H3,(H,23,25). The minimum Gasteiger partial charge on any atom is -0.437 e. The second-order valence-corrected chi connectivity index (χ2v) is 6.75. The van der Waals surface area contributed by atoms with Gasteiger partial charge in [0, 0.05) is 38.3 Å². The van der Waals surface area contributed by atoms with E-state index in [2.05, 4.69) is 15.3 Å². The Morgan fingerprint density at radius 3 is 2.70 bits per heavy atom. The molecule has 0 aliphatic carbocycles. The van der Waals surface area contributed by atoms with Crippen molar-refractivity contribution < 1.29 is 14.3 Å². The number of ether oxygens (including phenoxy) is 1. The van der Waals surface area contributed by atoms with Crippen molar-refractivity contribution in [1.82, 2.24) is 20.2 Å². The Morgan fingerprint density at radius 2 is 1.96 bits per heavy atom. The average molecular weight is 368 g/mol. The summed E-state index contributed by atoms with van der Waals surface area (Å²) in [7, 11) is 0. The van der Waals surface area contributed by atoms with Crippen LogP contribution in [-0.4, -0.2) is 46.3 Å². The summed E-state index contributed by atoms with van der Waals surface area (Å²) in [6, 6.07) is 7.76. The van der Waals surface area contributed by atoms with Crippen molar-refractivity contribution in [2.24, 2.45) is 0 Å². The van der Waals surface area contributed by atoms with Gasteiger partial charge in [-0.3, -0.25) is 14.6 Å². The van der Waals surface area contributed by atoms with Crippen LogP contribution in [0.5, 0.6) is 11.6 Å². The molecule has 1 aliphatic rings. The molecule has 1 aliphatic heterocycles. The maximum atomic E-state index is 12.3. The first kappa shape index (κ1) is 18.8. The van der Waals surface area contributed by atoms with E-state index in [1.54, 1.807) is 17.3 Å². The summed E-state index contributed by atoms with van der Waals surface area (Å²) in [5.74, 6) is 0.938. The Labute approximate surface area is 158 Å². The Balaban J connectivity index is 1.72.